The Balaban J connectivity index is 2.55. The van der Waals surface area contributed by atoms with Crippen LogP contribution in [0.1, 0.15) is 6.92 Å². The van der Waals surface area contributed by atoms with Gasteiger partial charge in [0.2, 0.25) is 0 Å². The standard InChI is InChI=1S/C11H13NO2S/c1-2-14-11(13)8-10(15)12-9-6-4-3-5-7-9/h3-8,12,15H,2H2,1H3/p-1/b10-8-. The molecule has 0 bridgehead atoms. The highest BCUT2D eigenvalue weighted by molar-refractivity contribution is 7.63. The maximum atomic E-state index is 11.0. The van der Waals surface area contributed by atoms with E-state index in [1.54, 1.807) is 6.92 Å². The molecule has 0 aromatic heterocycles. The number of rotatable bonds is 4. The minimum absolute atomic E-state index is 0.347. The third-order valence-corrected chi connectivity index (χ3v) is 1.80. The van der Waals surface area contributed by atoms with E-state index in [1.165, 1.54) is 6.08 Å². The molecule has 0 heterocycles. The summed E-state index contributed by atoms with van der Waals surface area (Å²) in [6.45, 7) is 2.10. The number of anilines is 1. The SMILES string of the molecule is CCOC(=O)/C=C(\[S-])Nc1ccccc1. The van der Waals surface area contributed by atoms with Gasteiger partial charge in [0.25, 0.3) is 0 Å². The van der Waals surface area contributed by atoms with E-state index in [4.69, 9.17) is 17.4 Å². The van der Waals surface area contributed by atoms with E-state index in [0.29, 0.717) is 11.6 Å². The molecule has 0 saturated heterocycles. The van der Waals surface area contributed by atoms with E-state index < -0.39 is 5.97 Å². The van der Waals surface area contributed by atoms with Gasteiger partial charge in [-0.3, -0.25) is 0 Å². The van der Waals surface area contributed by atoms with Crippen molar-refractivity contribution >= 4 is 24.3 Å². The molecule has 0 fully saturated rings. The van der Waals surface area contributed by atoms with Gasteiger partial charge < -0.3 is 22.7 Å². The highest BCUT2D eigenvalue weighted by atomic mass is 32.1. The summed E-state index contributed by atoms with van der Waals surface area (Å²) in [7, 11) is 0. The van der Waals surface area contributed by atoms with Gasteiger partial charge in [0.1, 0.15) is 0 Å². The Bertz CT molecular complexity index is 349. The van der Waals surface area contributed by atoms with Gasteiger partial charge in [-0.2, -0.15) is 0 Å². The Kier molecular flexibility index (Phi) is 4.63. The molecule has 4 heteroatoms. The number of nitrogens with one attached hydrogen (secondary N) is 1. The number of esters is 1. The van der Waals surface area contributed by atoms with Crippen LogP contribution in [0, 0.1) is 0 Å². The highest BCUT2D eigenvalue weighted by Gasteiger charge is 1.93. The molecule has 80 valence electrons. The molecule has 0 spiro atoms. The fourth-order valence-corrected chi connectivity index (χ4v) is 1.20. The molecule has 0 unspecified atom stereocenters. The van der Waals surface area contributed by atoms with E-state index >= 15 is 0 Å². The summed E-state index contributed by atoms with van der Waals surface area (Å²) in [4.78, 5) is 11.0. The van der Waals surface area contributed by atoms with E-state index in [-0.39, 0.29) is 0 Å². The second kappa shape index (κ2) is 6.03. The number of ether oxygens (including phenoxy) is 1. The number of benzene rings is 1. The summed E-state index contributed by atoms with van der Waals surface area (Å²) in [6.07, 6.45) is 1.26. The van der Waals surface area contributed by atoms with Crippen LogP contribution in [0.15, 0.2) is 41.4 Å². The van der Waals surface area contributed by atoms with Crippen LogP contribution < -0.4 is 5.32 Å². The first kappa shape index (κ1) is 11.5. The van der Waals surface area contributed by atoms with Crippen LogP contribution in [-0.2, 0) is 22.2 Å². The van der Waals surface area contributed by atoms with Crippen LogP contribution in [0.5, 0.6) is 0 Å². The van der Waals surface area contributed by atoms with Gasteiger partial charge >= 0.3 is 5.97 Å². The topological polar surface area (TPSA) is 38.3 Å². The van der Waals surface area contributed by atoms with Crippen molar-refractivity contribution in [1.29, 1.82) is 0 Å². The molecular weight excluding hydrogens is 210 g/mol. The molecule has 0 amide bonds. The molecule has 1 aromatic carbocycles. The first-order chi connectivity index (χ1) is 7.22. The van der Waals surface area contributed by atoms with Gasteiger partial charge in [0, 0.05) is 11.8 Å². The number of carbonyl (C=O) groups excluding carboxylic acids is 1. The molecule has 3 nitrogen and oxygen atoms in total. The summed E-state index contributed by atoms with van der Waals surface area (Å²) in [5, 5.41) is 3.25. The van der Waals surface area contributed by atoms with Gasteiger partial charge in [-0.25, -0.2) is 4.79 Å². The first-order valence-electron chi connectivity index (χ1n) is 4.60. The summed E-state index contributed by atoms with van der Waals surface area (Å²) < 4.78 is 4.73. The fourth-order valence-electron chi connectivity index (χ4n) is 0.991. The van der Waals surface area contributed by atoms with Crippen molar-refractivity contribution in [2.24, 2.45) is 0 Å². The zero-order valence-corrected chi connectivity index (χ0v) is 9.21. The molecule has 0 aliphatic rings. The Labute approximate surface area is 94.5 Å². The van der Waals surface area contributed by atoms with Gasteiger partial charge in [0.15, 0.2) is 0 Å². The lowest BCUT2D eigenvalue weighted by Gasteiger charge is -2.14. The maximum Gasteiger partial charge on any atom is 0.330 e. The maximum absolute atomic E-state index is 11.0. The smallest absolute Gasteiger partial charge is 0.330 e. The molecule has 0 atom stereocenters. The van der Waals surface area contributed by atoms with E-state index in [9.17, 15) is 4.79 Å². The zero-order valence-electron chi connectivity index (χ0n) is 8.40. The van der Waals surface area contributed by atoms with Crippen LogP contribution in [0.4, 0.5) is 5.69 Å². The van der Waals surface area contributed by atoms with Crippen molar-refractivity contribution in [2.45, 2.75) is 6.92 Å². The first-order valence-corrected chi connectivity index (χ1v) is 5.00. The quantitative estimate of drug-likeness (QED) is 0.481. The minimum atomic E-state index is -0.425. The minimum Gasteiger partial charge on any atom is -0.762 e. The van der Waals surface area contributed by atoms with Crippen molar-refractivity contribution in [1.82, 2.24) is 0 Å². The fraction of sp³-hybridized carbons (Fsp3) is 0.182. The molecular formula is C11H12NO2S-. The Morgan fingerprint density at radius 3 is 2.73 bits per heavy atom. The molecule has 0 aliphatic heterocycles. The highest BCUT2D eigenvalue weighted by Crippen LogP contribution is 2.07. The number of para-hydroxylation sites is 1. The molecule has 15 heavy (non-hydrogen) atoms. The summed E-state index contributed by atoms with van der Waals surface area (Å²) >= 11 is 4.96. The average molecular weight is 222 g/mol. The van der Waals surface area contributed by atoms with Crippen molar-refractivity contribution in [3.63, 3.8) is 0 Å². The van der Waals surface area contributed by atoms with Crippen molar-refractivity contribution in [3.8, 4) is 0 Å². The van der Waals surface area contributed by atoms with Gasteiger partial charge in [-0.1, -0.05) is 18.2 Å². The predicted octanol–water partition coefficient (Wildman–Crippen LogP) is 2.05. The van der Waals surface area contributed by atoms with Crippen LogP contribution in [-0.4, -0.2) is 12.6 Å². The van der Waals surface area contributed by atoms with Crippen molar-refractivity contribution in [2.75, 3.05) is 11.9 Å². The van der Waals surface area contributed by atoms with Crippen LogP contribution >= 0.6 is 0 Å². The second-order valence-corrected chi connectivity index (χ2v) is 3.19. The Hall–Kier alpha value is -1.55. The van der Waals surface area contributed by atoms with Gasteiger partial charge in [-0.15, -0.1) is 5.03 Å². The van der Waals surface area contributed by atoms with Gasteiger partial charge in [0.05, 0.1) is 6.61 Å². The third-order valence-electron chi connectivity index (χ3n) is 1.58. The molecule has 0 radical (unpaired) electrons. The van der Waals surface area contributed by atoms with Crippen LogP contribution in [0.2, 0.25) is 0 Å². The lowest BCUT2D eigenvalue weighted by Crippen LogP contribution is -2.04. The number of hydrogen-bond donors (Lipinski definition) is 1. The summed E-state index contributed by atoms with van der Waals surface area (Å²) in [6, 6.07) is 9.41. The molecule has 1 N–H and O–H groups in total. The van der Waals surface area contributed by atoms with Crippen LogP contribution in [0.25, 0.3) is 0 Å². The lowest BCUT2D eigenvalue weighted by atomic mass is 10.3. The van der Waals surface area contributed by atoms with Crippen molar-refractivity contribution < 1.29 is 9.53 Å². The number of carbonyl (C=O) groups is 1. The third kappa shape index (κ3) is 4.46. The van der Waals surface area contributed by atoms with Crippen molar-refractivity contribution in [3.05, 3.63) is 41.4 Å². The van der Waals surface area contributed by atoms with E-state index in [2.05, 4.69) is 5.32 Å². The molecule has 0 saturated carbocycles. The second-order valence-electron chi connectivity index (χ2n) is 2.75. The molecule has 0 aliphatic carbocycles. The predicted molar refractivity (Wildman–Crippen MR) is 62.1 cm³/mol. The number of hydrogen-bond acceptors (Lipinski definition) is 4. The Morgan fingerprint density at radius 2 is 2.13 bits per heavy atom. The monoisotopic (exact) mass is 222 g/mol. The summed E-state index contributed by atoms with van der Waals surface area (Å²) in [5.74, 6) is -0.425. The van der Waals surface area contributed by atoms with Gasteiger partial charge in [-0.05, 0) is 19.1 Å². The summed E-state index contributed by atoms with van der Waals surface area (Å²) in [5.41, 5.74) is 0.850. The normalized spacial score (nSPS) is 10.9. The Morgan fingerprint density at radius 1 is 1.47 bits per heavy atom. The van der Waals surface area contributed by atoms with E-state index in [0.717, 1.165) is 5.69 Å². The molecule has 1 aromatic rings. The molecule has 1 rings (SSSR count). The van der Waals surface area contributed by atoms with E-state index in [1.807, 2.05) is 30.3 Å². The lowest BCUT2D eigenvalue weighted by molar-refractivity contribution is -0.137. The van der Waals surface area contributed by atoms with Crippen LogP contribution in [0.3, 0.4) is 0 Å². The largest absolute Gasteiger partial charge is 0.762 e. The zero-order chi connectivity index (χ0) is 11.1. The average Bonchev–Trinajstić information content (AvgIpc) is 2.19.